The van der Waals surface area contributed by atoms with E-state index in [2.05, 4.69) is 54.4 Å². The van der Waals surface area contributed by atoms with Crippen molar-refractivity contribution in [2.24, 2.45) is 5.41 Å². The third-order valence-corrected chi connectivity index (χ3v) is 5.18. The zero-order valence-electron chi connectivity index (χ0n) is 19.2. The number of aryl methyl sites for hydroxylation is 1. The van der Waals surface area contributed by atoms with Gasteiger partial charge in [0.15, 0.2) is 5.82 Å². The molecule has 0 bridgehead atoms. The fourth-order valence-electron chi connectivity index (χ4n) is 3.65. The second kappa shape index (κ2) is 9.38. The Labute approximate surface area is 188 Å². The number of aromatic nitrogens is 8. The second-order valence-electron chi connectivity index (χ2n) is 9.28. The molecule has 0 atom stereocenters. The second-order valence-corrected chi connectivity index (χ2v) is 9.28. The van der Waals surface area contributed by atoms with Gasteiger partial charge in [0.25, 0.3) is 0 Å². The molecule has 8 nitrogen and oxygen atoms in total. The minimum Gasteiger partial charge on any atom is -0.256 e. The van der Waals surface area contributed by atoms with Crippen molar-refractivity contribution in [2.75, 3.05) is 0 Å². The van der Waals surface area contributed by atoms with E-state index in [1.807, 2.05) is 41.2 Å². The summed E-state index contributed by atoms with van der Waals surface area (Å²) in [6.45, 7) is 9.51. The molecular weight excluding hydrogens is 400 g/mol. The van der Waals surface area contributed by atoms with Gasteiger partial charge in [0.2, 0.25) is 5.82 Å². The highest BCUT2D eigenvalue weighted by atomic mass is 15.5. The third kappa shape index (κ3) is 5.25. The van der Waals surface area contributed by atoms with Gasteiger partial charge in [-0.1, -0.05) is 64.4 Å². The zero-order chi connectivity index (χ0) is 22.6. The zero-order valence-corrected chi connectivity index (χ0v) is 19.2. The van der Waals surface area contributed by atoms with Gasteiger partial charge in [-0.25, -0.2) is 9.67 Å². The van der Waals surface area contributed by atoms with Crippen LogP contribution in [0.5, 0.6) is 0 Å². The van der Waals surface area contributed by atoms with Crippen LogP contribution in [0.15, 0.2) is 42.6 Å². The lowest BCUT2D eigenvalue weighted by Gasteiger charge is -2.14. The molecular formula is C24H30N8. The Morgan fingerprint density at radius 3 is 2.50 bits per heavy atom. The minimum atomic E-state index is 0.156. The summed E-state index contributed by atoms with van der Waals surface area (Å²) in [6.07, 6.45) is 5.96. The molecule has 32 heavy (non-hydrogen) atoms. The number of pyridine rings is 1. The molecule has 0 spiro atoms. The number of hydrogen-bond acceptors (Lipinski definition) is 6. The molecule has 166 valence electrons. The van der Waals surface area contributed by atoms with E-state index in [9.17, 15) is 0 Å². The Morgan fingerprint density at radius 2 is 1.84 bits per heavy atom. The van der Waals surface area contributed by atoms with Gasteiger partial charge >= 0.3 is 0 Å². The highest BCUT2D eigenvalue weighted by Crippen LogP contribution is 2.28. The van der Waals surface area contributed by atoms with Crippen molar-refractivity contribution < 1.29 is 0 Å². The Kier molecular flexibility index (Phi) is 6.39. The summed E-state index contributed by atoms with van der Waals surface area (Å²) < 4.78 is 2.04. The van der Waals surface area contributed by atoms with E-state index >= 15 is 0 Å². The SMILES string of the molecule is CCCCc1nc(CC(C)(C)C)nn1Cc1ccc(-c2ccccc2-c2nn[nH]n2)nc1. The summed E-state index contributed by atoms with van der Waals surface area (Å²) in [5.41, 5.74) is 3.98. The van der Waals surface area contributed by atoms with Crippen LogP contribution in [-0.2, 0) is 19.4 Å². The van der Waals surface area contributed by atoms with Gasteiger partial charge in [0.05, 0.1) is 12.2 Å². The first-order valence-electron chi connectivity index (χ1n) is 11.1. The van der Waals surface area contributed by atoms with Gasteiger partial charge in [-0.2, -0.15) is 10.3 Å². The van der Waals surface area contributed by atoms with Crippen molar-refractivity contribution >= 4 is 0 Å². The molecule has 0 fully saturated rings. The number of tetrazole rings is 1. The summed E-state index contributed by atoms with van der Waals surface area (Å²) in [7, 11) is 0. The lowest BCUT2D eigenvalue weighted by Crippen LogP contribution is -2.11. The van der Waals surface area contributed by atoms with Crippen LogP contribution in [0.3, 0.4) is 0 Å². The van der Waals surface area contributed by atoms with Gasteiger partial charge in [-0.15, -0.1) is 10.2 Å². The van der Waals surface area contributed by atoms with Gasteiger partial charge < -0.3 is 0 Å². The molecule has 1 N–H and O–H groups in total. The average Bonchev–Trinajstić information content (AvgIpc) is 3.42. The molecule has 0 radical (unpaired) electrons. The van der Waals surface area contributed by atoms with Crippen molar-refractivity contribution in [3.05, 3.63) is 59.8 Å². The van der Waals surface area contributed by atoms with Crippen LogP contribution in [0.2, 0.25) is 0 Å². The van der Waals surface area contributed by atoms with E-state index < -0.39 is 0 Å². The number of nitrogens with zero attached hydrogens (tertiary/aromatic N) is 7. The molecule has 0 unspecified atom stereocenters. The number of nitrogens with one attached hydrogen (secondary N) is 1. The quantitative estimate of drug-likeness (QED) is 0.442. The topological polar surface area (TPSA) is 98.1 Å². The standard InChI is InChI=1S/C24H30N8/c1-5-6-11-22-26-21(14-24(2,3)4)29-32(22)16-17-12-13-20(25-15-17)18-9-7-8-10-19(18)23-27-30-31-28-23/h7-10,12-13,15H,5-6,11,14,16H2,1-4H3,(H,27,28,30,31). The molecule has 0 amide bonds. The number of benzene rings is 1. The number of unbranched alkanes of at least 4 members (excludes halogenated alkanes) is 1. The predicted octanol–water partition coefficient (Wildman–Crippen LogP) is 4.50. The van der Waals surface area contributed by atoms with Crippen LogP contribution >= 0.6 is 0 Å². The molecule has 3 aromatic heterocycles. The number of aromatic amines is 1. The number of hydrogen-bond donors (Lipinski definition) is 1. The van der Waals surface area contributed by atoms with Gasteiger partial charge in [0.1, 0.15) is 5.82 Å². The molecule has 0 aliphatic rings. The van der Waals surface area contributed by atoms with E-state index in [1.54, 1.807) is 0 Å². The highest BCUT2D eigenvalue weighted by Gasteiger charge is 2.18. The monoisotopic (exact) mass is 430 g/mol. The van der Waals surface area contributed by atoms with Crippen LogP contribution in [0.1, 0.15) is 57.7 Å². The molecule has 0 saturated carbocycles. The summed E-state index contributed by atoms with van der Waals surface area (Å²) in [5, 5.41) is 19.2. The maximum absolute atomic E-state index is 4.84. The van der Waals surface area contributed by atoms with Crippen molar-refractivity contribution in [2.45, 2.75) is 59.9 Å². The molecule has 0 aliphatic carbocycles. The van der Waals surface area contributed by atoms with Crippen LogP contribution in [0, 0.1) is 5.41 Å². The van der Waals surface area contributed by atoms with Crippen molar-refractivity contribution in [3.63, 3.8) is 0 Å². The maximum Gasteiger partial charge on any atom is 0.205 e. The maximum atomic E-state index is 4.84. The molecule has 0 saturated heterocycles. The van der Waals surface area contributed by atoms with E-state index in [4.69, 9.17) is 15.1 Å². The highest BCUT2D eigenvalue weighted by molar-refractivity contribution is 5.78. The Bertz CT molecular complexity index is 1140. The lowest BCUT2D eigenvalue weighted by atomic mass is 9.92. The lowest BCUT2D eigenvalue weighted by molar-refractivity contribution is 0.399. The normalized spacial score (nSPS) is 11.8. The Morgan fingerprint density at radius 1 is 1.03 bits per heavy atom. The van der Waals surface area contributed by atoms with E-state index in [1.165, 1.54) is 0 Å². The first kappa shape index (κ1) is 21.8. The van der Waals surface area contributed by atoms with Crippen LogP contribution in [-0.4, -0.2) is 40.4 Å². The van der Waals surface area contributed by atoms with Crippen LogP contribution < -0.4 is 0 Å². The smallest absolute Gasteiger partial charge is 0.205 e. The van der Waals surface area contributed by atoms with Crippen LogP contribution in [0.4, 0.5) is 0 Å². The molecule has 1 aromatic carbocycles. The summed E-state index contributed by atoms with van der Waals surface area (Å²) >= 11 is 0. The fraction of sp³-hybridized carbons (Fsp3) is 0.417. The van der Waals surface area contributed by atoms with Crippen molar-refractivity contribution in [1.82, 2.24) is 40.4 Å². The number of rotatable bonds is 8. The molecule has 4 rings (SSSR count). The largest absolute Gasteiger partial charge is 0.256 e. The fourth-order valence-corrected chi connectivity index (χ4v) is 3.65. The van der Waals surface area contributed by atoms with Crippen LogP contribution in [0.25, 0.3) is 22.6 Å². The Hall–Kier alpha value is -3.42. The first-order chi connectivity index (χ1) is 15.4. The Balaban J connectivity index is 1.57. The molecule has 0 aliphatic heterocycles. The van der Waals surface area contributed by atoms with Gasteiger partial charge in [0, 0.05) is 30.2 Å². The predicted molar refractivity (Wildman–Crippen MR) is 124 cm³/mol. The van der Waals surface area contributed by atoms with Gasteiger partial charge in [-0.05, 0) is 28.7 Å². The molecule has 3 heterocycles. The van der Waals surface area contributed by atoms with Gasteiger partial charge in [-0.3, -0.25) is 4.98 Å². The van der Waals surface area contributed by atoms with E-state index in [0.29, 0.717) is 12.4 Å². The number of H-pyrrole nitrogens is 1. The third-order valence-electron chi connectivity index (χ3n) is 5.18. The summed E-state index contributed by atoms with van der Waals surface area (Å²) in [5.74, 6) is 2.53. The molecule has 4 aromatic rings. The minimum absolute atomic E-state index is 0.156. The summed E-state index contributed by atoms with van der Waals surface area (Å²) in [6, 6.07) is 12.1. The summed E-state index contributed by atoms with van der Waals surface area (Å²) in [4.78, 5) is 9.57. The molecule has 8 heteroatoms. The van der Waals surface area contributed by atoms with Crippen molar-refractivity contribution in [3.8, 4) is 22.6 Å². The first-order valence-corrected chi connectivity index (χ1v) is 11.1. The van der Waals surface area contributed by atoms with E-state index in [0.717, 1.165) is 59.7 Å². The van der Waals surface area contributed by atoms with Crippen molar-refractivity contribution in [1.29, 1.82) is 0 Å². The van der Waals surface area contributed by atoms with E-state index in [-0.39, 0.29) is 5.41 Å². The average molecular weight is 431 g/mol.